The van der Waals surface area contributed by atoms with Crippen LogP contribution in [0.3, 0.4) is 0 Å². The molecule has 3 aliphatic heterocycles. The molecular weight excluding hydrogens is 344 g/mol. The molecule has 27 heavy (non-hydrogen) atoms. The van der Waals surface area contributed by atoms with E-state index in [9.17, 15) is 14.4 Å². The lowest BCUT2D eigenvalue weighted by Crippen LogP contribution is -2.52. The Labute approximate surface area is 158 Å². The molecule has 0 radical (unpaired) electrons. The first-order valence-electron chi connectivity index (χ1n) is 9.68. The van der Waals surface area contributed by atoms with E-state index in [2.05, 4.69) is 23.2 Å². The SMILES string of the molecule is CC1CC(N)CCN1Cc1ccc2c(c1)CN(C1CCC(=O)NC1=O)C2=O. The van der Waals surface area contributed by atoms with Crippen LogP contribution in [0.2, 0.25) is 0 Å². The minimum atomic E-state index is -0.561. The molecule has 4 rings (SSSR count). The zero-order valence-corrected chi connectivity index (χ0v) is 15.6. The zero-order chi connectivity index (χ0) is 19.1. The summed E-state index contributed by atoms with van der Waals surface area (Å²) in [5.41, 5.74) is 8.85. The quantitative estimate of drug-likeness (QED) is 0.766. The van der Waals surface area contributed by atoms with Gasteiger partial charge < -0.3 is 10.6 Å². The van der Waals surface area contributed by atoms with Crippen molar-refractivity contribution in [2.75, 3.05) is 6.54 Å². The second kappa shape index (κ2) is 7.05. The standard InChI is InChI=1S/C20H26N4O3/c1-12-8-15(21)6-7-23(12)10-13-2-3-16-14(9-13)11-24(20(16)27)17-4-5-18(25)22-19(17)26/h2-3,9,12,15,17H,4-8,10-11,21H2,1H3,(H,22,25,26). The van der Waals surface area contributed by atoms with Crippen LogP contribution in [-0.2, 0) is 22.7 Å². The summed E-state index contributed by atoms with van der Waals surface area (Å²) >= 11 is 0. The van der Waals surface area contributed by atoms with Crippen LogP contribution in [0.1, 0.15) is 54.1 Å². The van der Waals surface area contributed by atoms with Gasteiger partial charge in [0.05, 0.1) is 0 Å². The molecule has 144 valence electrons. The van der Waals surface area contributed by atoms with Crippen LogP contribution in [0.15, 0.2) is 18.2 Å². The molecule has 7 heteroatoms. The van der Waals surface area contributed by atoms with Gasteiger partial charge >= 0.3 is 0 Å². The molecule has 1 aromatic rings. The Hall–Kier alpha value is -2.25. The van der Waals surface area contributed by atoms with Gasteiger partial charge in [0.2, 0.25) is 11.8 Å². The van der Waals surface area contributed by atoms with Gasteiger partial charge in [0.1, 0.15) is 6.04 Å². The van der Waals surface area contributed by atoms with Crippen molar-refractivity contribution >= 4 is 17.7 Å². The number of fused-ring (bicyclic) bond motifs is 1. The van der Waals surface area contributed by atoms with Crippen LogP contribution in [-0.4, -0.2) is 52.2 Å². The van der Waals surface area contributed by atoms with Crippen molar-refractivity contribution < 1.29 is 14.4 Å². The van der Waals surface area contributed by atoms with E-state index in [-0.39, 0.29) is 30.2 Å². The van der Waals surface area contributed by atoms with Crippen LogP contribution >= 0.6 is 0 Å². The summed E-state index contributed by atoms with van der Waals surface area (Å²) in [6.07, 6.45) is 2.68. The number of benzene rings is 1. The molecule has 0 bridgehead atoms. The summed E-state index contributed by atoms with van der Waals surface area (Å²) in [6.45, 7) is 4.46. The van der Waals surface area contributed by atoms with E-state index in [1.165, 1.54) is 5.56 Å². The third-order valence-electron chi connectivity index (χ3n) is 6.03. The number of piperidine rings is 2. The number of hydrogen-bond acceptors (Lipinski definition) is 5. The van der Waals surface area contributed by atoms with Gasteiger partial charge in [-0.2, -0.15) is 0 Å². The Kier molecular flexibility index (Phi) is 4.74. The largest absolute Gasteiger partial charge is 0.328 e. The molecule has 3 N–H and O–H groups in total. The number of rotatable bonds is 3. The van der Waals surface area contributed by atoms with E-state index in [1.54, 1.807) is 4.90 Å². The molecule has 0 spiro atoms. The van der Waals surface area contributed by atoms with Crippen LogP contribution in [0, 0.1) is 0 Å². The lowest BCUT2D eigenvalue weighted by Gasteiger charge is -2.36. The molecule has 2 saturated heterocycles. The first-order valence-corrected chi connectivity index (χ1v) is 9.68. The Bertz CT molecular complexity index is 793. The van der Waals surface area contributed by atoms with Crippen molar-refractivity contribution in [3.63, 3.8) is 0 Å². The molecular formula is C20H26N4O3. The first kappa shape index (κ1) is 18.1. The minimum absolute atomic E-state index is 0.122. The molecule has 3 atom stereocenters. The van der Waals surface area contributed by atoms with Gasteiger partial charge in [0.15, 0.2) is 0 Å². The fraction of sp³-hybridized carbons (Fsp3) is 0.550. The molecule has 0 aliphatic carbocycles. The molecule has 7 nitrogen and oxygen atoms in total. The molecule has 3 aliphatic rings. The van der Waals surface area contributed by atoms with E-state index >= 15 is 0 Å². The number of carbonyl (C=O) groups excluding carboxylic acids is 3. The highest BCUT2D eigenvalue weighted by atomic mass is 16.2. The summed E-state index contributed by atoms with van der Waals surface area (Å²) in [7, 11) is 0. The lowest BCUT2D eigenvalue weighted by atomic mass is 9.98. The van der Waals surface area contributed by atoms with E-state index in [0.717, 1.165) is 31.5 Å². The van der Waals surface area contributed by atoms with E-state index in [4.69, 9.17) is 5.73 Å². The molecule has 3 unspecified atom stereocenters. The number of nitrogens with one attached hydrogen (secondary N) is 1. The third kappa shape index (κ3) is 3.49. The van der Waals surface area contributed by atoms with Gasteiger partial charge in [-0.1, -0.05) is 12.1 Å². The predicted molar refractivity (Wildman–Crippen MR) is 99.6 cm³/mol. The van der Waals surface area contributed by atoms with E-state index in [0.29, 0.717) is 24.6 Å². The average molecular weight is 370 g/mol. The van der Waals surface area contributed by atoms with Crippen LogP contribution in [0.4, 0.5) is 0 Å². The normalized spacial score (nSPS) is 29.0. The molecule has 2 fully saturated rings. The topological polar surface area (TPSA) is 95.7 Å². The Morgan fingerprint density at radius 3 is 2.78 bits per heavy atom. The maximum Gasteiger partial charge on any atom is 0.255 e. The van der Waals surface area contributed by atoms with Crippen LogP contribution in [0.5, 0.6) is 0 Å². The minimum Gasteiger partial charge on any atom is -0.328 e. The summed E-state index contributed by atoms with van der Waals surface area (Å²) in [6, 6.07) is 6.14. The molecule has 0 aromatic heterocycles. The number of nitrogens with zero attached hydrogens (tertiary/aromatic N) is 2. The monoisotopic (exact) mass is 370 g/mol. The molecule has 0 saturated carbocycles. The van der Waals surface area contributed by atoms with Crippen molar-refractivity contribution in [1.29, 1.82) is 0 Å². The Morgan fingerprint density at radius 2 is 2.04 bits per heavy atom. The highest BCUT2D eigenvalue weighted by molar-refractivity contribution is 6.05. The highest BCUT2D eigenvalue weighted by Crippen LogP contribution is 2.29. The van der Waals surface area contributed by atoms with Crippen molar-refractivity contribution in [1.82, 2.24) is 15.1 Å². The second-order valence-electron chi connectivity index (χ2n) is 8.00. The van der Waals surface area contributed by atoms with Crippen molar-refractivity contribution in [2.24, 2.45) is 5.73 Å². The predicted octanol–water partition coefficient (Wildman–Crippen LogP) is 0.759. The van der Waals surface area contributed by atoms with Gasteiger partial charge in [-0.15, -0.1) is 0 Å². The lowest BCUT2D eigenvalue weighted by molar-refractivity contribution is -0.136. The number of hydrogen-bond donors (Lipinski definition) is 2. The summed E-state index contributed by atoms with van der Waals surface area (Å²) in [5.74, 6) is -0.757. The summed E-state index contributed by atoms with van der Waals surface area (Å²) in [5, 5.41) is 2.34. The highest BCUT2D eigenvalue weighted by Gasteiger charge is 2.39. The van der Waals surface area contributed by atoms with E-state index < -0.39 is 6.04 Å². The van der Waals surface area contributed by atoms with Crippen LogP contribution < -0.4 is 11.1 Å². The number of likely N-dealkylation sites (tertiary alicyclic amines) is 1. The van der Waals surface area contributed by atoms with E-state index in [1.807, 2.05) is 12.1 Å². The van der Waals surface area contributed by atoms with Gasteiger partial charge in [0, 0.05) is 43.7 Å². The van der Waals surface area contributed by atoms with Crippen molar-refractivity contribution in [3.05, 3.63) is 34.9 Å². The number of imide groups is 1. The zero-order valence-electron chi connectivity index (χ0n) is 15.6. The number of amides is 3. The number of carbonyl (C=O) groups is 3. The van der Waals surface area contributed by atoms with Gasteiger partial charge in [-0.3, -0.25) is 24.6 Å². The van der Waals surface area contributed by atoms with Crippen molar-refractivity contribution in [2.45, 2.75) is 63.8 Å². The summed E-state index contributed by atoms with van der Waals surface area (Å²) in [4.78, 5) is 40.3. The van der Waals surface area contributed by atoms with Gasteiger partial charge in [0.25, 0.3) is 5.91 Å². The molecule has 3 amide bonds. The third-order valence-corrected chi connectivity index (χ3v) is 6.03. The first-order chi connectivity index (χ1) is 12.9. The summed E-state index contributed by atoms with van der Waals surface area (Å²) < 4.78 is 0. The smallest absolute Gasteiger partial charge is 0.255 e. The maximum atomic E-state index is 12.7. The maximum absolute atomic E-state index is 12.7. The molecule has 1 aromatic carbocycles. The molecule has 3 heterocycles. The Morgan fingerprint density at radius 1 is 1.22 bits per heavy atom. The van der Waals surface area contributed by atoms with Crippen molar-refractivity contribution in [3.8, 4) is 0 Å². The van der Waals surface area contributed by atoms with Crippen LogP contribution in [0.25, 0.3) is 0 Å². The fourth-order valence-electron chi connectivity index (χ4n) is 4.45. The fourth-order valence-corrected chi connectivity index (χ4v) is 4.45. The van der Waals surface area contributed by atoms with Gasteiger partial charge in [-0.25, -0.2) is 0 Å². The number of nitrogens with two attached hydrogens (primary N) is 1. The van der Waals surface area contributed by atoms with Gasteiger partial charge in [-0.05, 0) is 43.4 Å². The Balaban J connectivity index is 1.48. The average Bonchev–Trinajstić information content (AvgIpc) is 2.93. The second-order valence-corrected chi connectivity index (χ2v) is 8.00.